The molecule has 0 aromatic heterocycles. The third-order valence-corrected chi connectivity index (χ3v) is 4.20. The maximum absolute atomic E-state index is 12.7. The second kappa shape index (κ2) is 6.45. The molecule has 0 aliphatic carbocycles. The number of amides is 4. The molecule has 2 heterocycles. The molecule has 0 saturated carbocycles. The summed E-state index contributed by atoms with van der Waals surface area (Å²) in [7, 11) is 0. The summed E-state index contributed by atoms with van der Waals surface area (Å²) in [6, 6.07) is 3.55. The predicted octanol–water partition coefficient (Wildman–Crippen LogP) is 1.92. The summed E-state index contributed by atoms with van der Waals surface area (Å²) in [6.07, 6.45) is -0.346. The van der Waals surface area contributed by atoms with Crippen molar-refractivity contribution in [2.24, 2.45) is 0 Å². The van der Waals surface area contributed by atoms with E-state index in [4.69, 9.17) is 0 Å². The highest BCUT2D eigenvalue weighted by Gasteiger charge is 2.57. The third kappa shape index (κ3) is 3.25. The molecule has 1 unspecified atom stereocenters. The Morgan fingerprint density at radius 1 is 1.15 bits per heavy atom. The molecule has 0 bridgehead atoms. The van der Waals surface area contributed by atoms with Crippen molar-refractivity contribution in [3.05, 3.63) is 53.8 Å². The van der Waals surface area contributed by atoms with E-state index >= 15 is 0 Å². The monoisotopic (exact) mass is 381 g/mol. The first-order valence-corrected chi connectivity index (χ1v) is 7.78. The molecule has 142 valence electrons. The summed E-state index contributed by atoms with van der Waals surface area (Å²) in [4.78, 5) is 38.5. The number of nitrogens with one attached hydrogen (secondary N) is 2. The molecular formula is C17H14F3N3O4. The third-order valence-electron chi connectivity index (χ3n) is 4.20. The fourth-order valence-corrected chi connectivity index (χ4v) is 2.97. The van der Waals surface area contributed by atoms with Crippen molar-refractivity contribution in [3.8, 4) is 5.75 Å². The lowest BCUT2D eigenvalue weighted by Gasteiger charge is -2.34. The van der Waals surface area contributed by atoms with Gasteiger partial charge in [-0.3, -0.25) is 14.9 Å². The molecule has 27 heavy (non-hydrogen) atoms. The molecule has 7 nitrogen and oxygen atoms in total. The highest BCUT2D eigenvalue weighted by atomic mass is 19.4. The van der Waals surface area contributed by atoms with E-state index in [-0.39, 0.29) is 17.7 Å². The fraction of sp³-hybridized carbons (Fsp3) is 0.235. The van der Waals surface area contributed by atoms with E-state index in [2.05, 4.69) is 15.4 Å². The van der Waals surface area contributed by atoms with Crippen LogP contribution in [0.15, 0.2) is 48.2 Å². The van der Waals surface area contributed by atoms with Crippen molar-refractivity contribution < 1.29 is 32.3 Å². The molecule has 2 aliphatic heterocycles. The largest absolute Gasteiger partial charge is 0.573 e. The molecule has 1 aromatic carbocycles. The van der Waals surface area contributed by atoms with Crippen LogP contribution in [0.2, 0.25) is 0 Å². The zero-order valence-corrected chi connectivity index (χ0v) is 14.0. The van der Waals surface area contributed by atoms with Crippen molar-refractivity contribution in [3.63, 3.8) is 0 Å². The Morgan fingerprint density at radius 2 is 1.81 bits per heavy atom. The lowest BCUT2D eigenvalue weighted by Crippen LogP contribution is -2.55. The number of urea groups is 1. The van der Waals surface area contributed by atoms with Crippen LogP contribution in [-0.4, -0.2) is 35.7 Å². The van der Waals surface area contributed by atoms with E-state index in [1.807, 2.05) is 0 Å². The van der Waals surface area contributed by atoms with Gasteiger partial charge in [0, 0.05) is 5.57 Å². The van der Waals surface area contributed by atoms with Crippen LogP contribution in [0.5, 0.6) is 5.75 Å². The van der Waals surface area contributed by atoms with Gasteiger partial charge in [0.2, 0.25) is 0 Å². The predicted molar refractivity (Wildman–Crippen MR) is 86.1 cm³/mol. The smallest absolute Gasteiger partial charge is 0.406 e. The van der Waals surface area contributed by atoms with Crippen LogP contribution in [0.1, 0.15) is 12.5 Å². The minimum absolute atomic E-state index is 0.157. The summed E-state index contributed by atoms with van der Waals surface area (Å²) in [5.74, 6) is -1.94. The molecular weight excluding hydrogens is 367 g/mol. The highest BCUT2D eigenvalue weighted by Crippen LogP contribution is 2.36. The molecule has 4 amide bonds. The first-order chi connectivity index (χ1) is 12.6. The quantitative estimate of drug-likeness (QED) is 0.765. The van der Waals surface area contributed by atoms with Crippen LogP contribution in [0.3, 0.4) is 0 Å². The number of imide groups is 2. The number of rotatable bonds is 2. The van der Waals surface area contributed by atoms with Crippen LogP contribution < -0.4 is 15.4 Å². The van der Waals surface area contributed by atoms with Gasteiger partial charge in [-0.25, -0.2) is 9.69 Å². The standard InChI is InChI=1S/C17H14F3N3O4/c1-10-3-2-8-21-9-16(14(25)22-15(26)23(16)13(10)24)11-4-6-12(7-5-11)27-17(18,19)20/h2-8,21H,9H2,1H3,(H,22,25,26)/b8-2-,10-3-. The number of benzene rings is 1. The van der Waals surface area contributed by atoms with E-state index in [0.717, 1.165) is 17.0 Å². The molecule has 1 saturated heterocycles. The lowest BCUT2D eigenvalue weighted by molar-refractivity contribution is -0.274. The Balaban J connectivity index is 2.09. The number of allylic oxidation sites excluding steroid dienone is 2. The van der Waals surface area contributed by atoms with Gasteiger partial charge in [-0.15, -0.1) is 13.2 Å². The second-order valence-corrected chi connectivity index (χ2v) is 5.92. The van der Waals surface area contributed by atoms with E-state index in [0.29, 0.717) is 0 Å². The number of hydrogen-bond acceptors (Lipinski definition) is 5. The van der Waals surface area contributed by atoms with Gasteiger partial charge in [0.25, 0.3) is 11.8 Å². The Labute approximate surface area is 151 Å². The van der Waals surface area contributed by atoms with E-state index in [9.17, 15) is 27.6 Å². The first kappa shape index (κ1) is 18.5. The van der Waals surface area contributed by atoms with Crippen molar-refractivity contribution >= 4 is 17.8 Å². The Bertz CT molecular complexity index is 861. The van der Waals surface area contributed by atoms with Crippen LogP contribution in [0, 0.1) is 0 Å². The minimum atomic E-state index is -4.87. The Kier molecular flexibility index (Phi) is 4.42. The van der Waals surface area contributed by atoms with Crippen LogP contribution in [0.25, 0.3) is 0 Å². The fourth-order valence-electron chi connectivity index (χ4n) is 2.97. The van der Waals surface area contributed by atoms with Gasteiger partial charge >= 0.3 is 12.4 Å². The summed E-state index contributed by atoms with van der Waals surface area (Å²) in [6.45, 7) is 1.33. The number of halogens is 3. The van der Waals surface area contributed by atoms with Crippen molar-refractivity contribution in [2.75, 3.05) is 6.54 Å². The Hall–Kier alpha value is -3.30. The van der Waals surface area contributed by atoms with Gasteiger partial charge in [0.15, 0.2) is 5.54 Å². The number of nitrogens with zero attached hydrogens (tertiary/aromatic N) is 1. The molecule has 0 spiro atoms. The normalized spacial score (nSPS) is 26.0. The van der Waals surface area contributed by atoms with Gasteiger partial charge < -0.3 is 10.1 Å². The van der Waals surface area contributed by atoms with Crippen molar-refractivity contribution in [2.45, 2.75) is 18.8 Å². The maximum Gasteiger partial charge on any atom is 0.573 e. The molecule has 1 atom stereocenters. The molecule has 2 aliphatic rings. The van der Waals surface area contributed by atoms with Gasteiger partial charge in [-0.2, -0.15) is 0 Å². The van der Waals surface area contributed by atoms with Crippen molar-refractivity contribution in [1.29, 1.82) is 0 Å². The van der Waals surface area contributed by atoms with E-state index in [1.165, 1.54) is 31.3 Å². The molecule has 1 aromatic rings. The molecule has 1 fully saturated rings. The summed E-state index contributed by atoms with van der Waals surface area (Å²) in [5, 5.41) is 4.94. The number of fused-ring (bicyclic) bond motifs is 1. The van der Waals surface area contributed by atoms with E-state index < -0.39 is 35.5 Å². The lowest BCUT2D eigenvalue weighted by atomic mass is 9.87. The minimum Gasteiger partial charge on any atom is -0.406 e. The second-order valence-electron chi connectivity index (χ2n) is 5.92. The highest BCUT2D eigenvalue weighted by molar-refractivity contribution is 6.17. The van der Waals surface area contributed by atoms with Crippen LogP contribution >= 0.6 is 0 Å². The first-order valence-electron chi connectivity index (χ1n) is 7.78. The molecule has 10 heteroatoms. The van der Waals surface area contributed by atoms with Gasteiger partial charge in [-0.1, -0.05) is 18.2 Å². The summed E-state index contributed by atoms with van der Waals surface area (Å²) in [5.41, 5.74) is -1.39. The average Bonchev–Trinajstić information content (AvgIpc) is 2.86. The zero-order valence-electron chi connectivity index (χ0n) is 14.0. The van der Waals surface area contributed by atoms with Crippen LogP contribution in [-0.2, 0) is 15.1 Å². The van der Waals surface area contributed by atoms with Gasteiger partial charge in [0.05, 0.1) is 6.54 Å². The van der Waals surface area contributed by atoms with E-state index in [1.54, 1.807) is 6.08 Å². The van der Waals surface area contributed by atoms with Crippen LogP contribution in [0.4, 0.5) is 18.0 Å². The molecule has 2 N–H and O–H groups in total. The maximum atomic E-state index is 12.7. The summed E-state index contributed by atoms with van der Waals surface area (Å²) >= 11 is 0. The van der Waals surface area contributed by atoms with Gasteiger partial charge in [0.1, 0.15) is 5.75 Å². The summed E-state index contributed by atoms with van der Waals surface area (Å²) < 4.78 is 40.9. The zero-order chi connectivity index (χ0) is 19.8. The molecule has 3 rings (SSSR count). The molecule has 0 radical (unpaired) electrons. The number of alkyl halides is 3. The number of carbonyl (C=O) groups is 3. The van der Waals surface area contributed by atoms with Gasteiger partial charge in [-0.05, 0) is 36.9 Å². The Morgan fingerprint density at radius 3 is 2.44 bits per heavy atom. The number of carbonyl (C=O) groups excluding carboxylic acids is 3. The van der Waals surface area contributed by atoms with Crippen molar-refractivity contribution in [1.82, 2.24) is 15.5 Å². The SMILES string of the molecule is C/C1=C/C=C\NCC2(c3ccc(OC(F)(F)F)cc3)C(=O)NC(=O)N2C1=O. The average molecular weight is 381 g/mol. The topological polar surface area (TPSA) is 87.7 Å². The number of hydrogen-bond donors (Lipinski definition) is 2. The number of ether oxygens (including phenoxy) is 1.